The molecular weight excluding hydrogens is 337 g/mol. The summed E-state index contributed by atoms with van der Waals surface area (Å²) in [7, 11) is 0. The zero-order valence-corrected chi connectivity index (χ0v) is 11.8. The summed E-state index contributed by atoms with van der Waals surface area (Å²) in [6, 6.07) is 8.72. The van der Waals surface area contributed by atoms with Crippen molar-refractivity contribution >= 4 is 39.1 Å². The molecule has 0 heterocycles. The Morgan fingerprint density at radius 3 is 2.63 bits per heavy atom. The Bertz CT molecular complexity index is 628. The van der Waals surface area contributed by atoms with E-state index in [9.17, 15) is 14.3 Å². The van der Waals surface area contributed by atoms with Gasteiger partial charge in [0.1, 0.15) is 5.82 Å². The molecule has 0 fully saturated rings. The molecule has 2 aromatic carbocycles. The van der Waals surface area contributed by atoms with Crippen molar-refractivity contribution in [3.63, 3.8) is 0 Å². The number of nitrogens with one attached hydrogen (secondary N) is 1. The van der Waals surface area contributed by atoms with E-state index in [2.05, 4.69) is 21.2 Å². The summed E-state index contributed by atoms with van der Waals surface area (Å²) < 4.78 is 13.9. The third kappa shape index (κ3) is 2.88. The van der Waals surface area contributed by atoms with Crippen LogP contribution >= 0.6 is 27.5 Å². The number of rotatable bonds is 2. The van der Waals surface area contributed by atoms with Gasteiger partial charge < -0.3 is 10.4 Å². The molecule has 0 saturated heterocycles. The minimum atomic E-state index is -0.678. The van der Waals surface area contributed by atoms with Crippen LogP contribution in [-0.4, -0.2) is 11.0 Å². The van der Waals surface area contributed by atoms with Crippen molar-refractivity contribution in [1.82, 2.24) is 0 Å². The van der Waals surface area contributed by atoms with Crippen molar-refractivity contribution in [3.05, 3.63) is 57.3 Å². The summed E-state index contributed by atoms with van der Waals surface area (Å²) >= 11 is 8.83. The first-order valence-corrected chi connectivity index (χ1v) is 6.40. The molecule has 0 spiro atoms. The van der Waals surface area contributed by atoms with Crippen LogP contribution < -0.4 is 5.32 Å². The molecule has 0 bridgehead atoms. The maximum absolute atomic E-state index is 13.6. The van der Waals surface area contributed by atoms with E-state index in [0.29, 0.717) is 4.47 Å². The Morgan fingerprint density at radius 2 is 1.95 bits per heavy atom. The van der Waals surface area contributed by atoms with Gasteiger partial charge in [-0.25, -0.2) is 4.39 Å². The lowest BCUT2D eigenvalue weighted by Crippen LogP contribution is -2.14. The predicted molar refractivity (Wildman–Crippen MR) is 75.2 cm³/mol. The van der Waals surface area contributed by atoms with Gasteiger partial charge in [-0.1, -0.05) is 23.7 Å². The highest BCUT2D eigenvalue weighted by Crippen LogP contribution is 2.32. The Hall–Kier alpha value is -1.59. The molecule has 0 aliphatic heterocycles. The van der Waals surface area contributed by atoms with Crippen molar-refractivity contribution in [2.75, 3.05) is 5.32 Å². The minimum absolute atomic E-state index is 0.102. The van der Waals surface area contributed by atoms with E-state index in [0.717, 1.165) is 0 Å². The number of halogens is 3. The third-order valence-electron chi connectivity index (χ3n) is 2.42. The van der Waals surface area contributed by atoms with Gasteiger partial charge in [-0.15, -0.1) is 0 Å². The molecule has 0 aromatic heterocycles. The van der Waals surface area contributed by atoms with Crippen molar-refractivity contribution in [2.24, 2.45) is 0 Å². The number of carbonyl (C=O) groups is 1. The van der Waals surface area contributed by atoms with Crippen LogP contribution in [0.15, 0.2) is 40.9 Å². The smallest absolute Gasteiger partial charge is 0.259 e. The van der Waals surface area contributed by atoms with Gasteiger partial charge in [-0.2, -0.15) is 0 Å². The second-order valence-electron chi connectivity index (χ2n) is 3.69. The highest BCUT2D eigenvalue weighted by molar-refractivity contribution is 9.10. The van der Waals surface area contributed by atoms with Crippen molar-refractivity contribution in [1.29, 1.82) is 0 Å². The number of phenols is 1. The lowest BCUT2D eigenvalue weighted by atomic mass is 10.2. The molecule has 1 amide bonds. The monoisotopic (exact) mass is 343 g/mol. The summed E-state index contributed by atoms with van der Waals surface area (Å²) in [6.45, 7) is 0. The molecular formula is C13H8BrClFNO2. The lowest BCUT2D eigenvalue weighted by Gasteiger charge is -2.09. The van der Waals surface area contributed by atoms with Crippen molar-refractivity contribution in [2.45, 2.75) is 0 Å². The van der Waals surface area contributed by atoms with Gasteiger partial charge in [0.2, 0.25) is 0 Å². The summed E-state index contributed by atoms with van der Waals surface area (Å²) in [4.78, 5) is 12.0. The summed E-state index contributed by atoms with van der Waals surface area (Å²) in [5.74, 6) is -1.60. The fourth-order valence-electron chi connectivity index (χ4n) is 1.52. The highest BCUT2D eigenvalue weighted by Gasteiger charge is 2.17. The number of phenolic OH excluding ortho intramolecular Hbond substituents is 1. The number of amides is 1. The molecule has 3 nitrogen and oxygen atoms in total. The molecule has 2 N–H and O–H groups in total. The average molecular weight is 345 g/mol. The zero-order chi connectivity index (χ0) is 14.0. The van der Waals surface area contributed by atoms with Crippen LogP contribution in [0, 0.1) is 5.82 Å². The Kier molecular flexibility index (Phi) is 4.07. The summed E-state index contributed by atoms with van der Waals surface area (Å²) in [5.41, 5.74) is -0.0190. The maximum atomic E-state index is 13.6. The number of para-hydroxylation sites is 1. The fraction of sp³-hybridized carbons (Fsp3) is 0. The first-order chi connectivity index (χ1) is 9.00. The molecule has 0 atom stereocenters. The molecule has 0 aliphatic rings. The van der Waals surface area contributed by atoms with Crippen molar-refractivity contribution < 1.29 is 14.3 Å². The Balaban J connectivity index is 2.34. The number of anilines is 1. The van der Waals surface area contributed by atoms with Gasteiger partial charge in [-0.05, 0) is 40.2 Å². The van der Waals surface area contributed by atoms with E-state index in [-0.39, 0.29) is 22.0 Å². The molecule has 0 saturated carbocycles. The van der Waals surface area contributed by atoms with Crippen LogP contribution in [0.25, 0.3) is 0 Å². The largest absolute Gasteiger partial charge is 0.504 e. The van der Waals surface area contributed by atoms with Gasteiger partial charge >= 0.3 is 0 Å². The molecule has 0 aliphatic carbocycles. The first-order valence-electron chi connectivity index (χ1n) is 5.23. The van der Waals surface area contributed by atoms with E-state index in [1.54, 1.807) is 12.1 Å². The van der Waals surface area contributed by atoms with E-state index >= 15 is 0 Å². The summed E-state index contributed by atoms with van der Waals surface area (Å²) in [6.07, 6.45) is 0. The fourth-order valence-corrected chi connectivity index (χ4v) is 2.21. The third-order valence-corrected chi connectivity index (χ3v) is 3.39. The Labute approximate surface area is 122 Å². The van der Waals surface area contributed by atoms with Crippen LogP contribution in [0.5, 0.6) is 5.75 Å². The van der Waals surface area contributed by atoms with Crippen LogP contribution in [0.3, 0.4) is 0 Å². The van der Waals surface area contributed by atoms with E-state index in [1.807, 2.05) is 0 Å². The number of hydrogen-bond donors (Lipinski definition) is 2. The number of carbonyl (C=O) groups excluding carboxylic acids is 1. The molecule has 0 radical (unpaired) electrons. The number of hydrogen-bond acceptors (Lipinski definition) is 2. The average Bonchev–Trinajstić information content (AvgIpc) is 2.35. The number of aromatic hydroxyl groups is 1. The van der Waals surface area contributed by atoms with E-state index < -0.39 is 11.7 Å². The van der Waals surface area contributed by atoms with Gasteiger partial charge in [0.15, 0.2) is 5.75 Å². The topological polar surface area (TPSA) is 49.3 Å². The van der Waals surface area contributed by atoms with Gasteiger partial charge in [0.25, 0.3) is 5.91 Å². The van der Waals surface area contributed by atoms with E-state index in [4.69, 9.17) is 11.6 Å². The predicted octanol–water partition coefficient (Wildman–Crippen LogP) is 4.20. The molecule has 0 unspecified atom stereocenters. The van der Waals surface area contributed by atoms with E-state index in [1.165, 1.54) is 24.3 Å². The highest BCUT2D eigenvalue weighted by atomic mass is 79.9. The SMILES string of the molecule is O=C(Nc1cccc(Cl)c1O)c1c(F)cccc1Br. The van der Waals surface area contributed by atoms with Gasteiger partial charge in [0, 0.05) is 4.47 Å². The van der Waals surface area contributed by atoms with Crippen LogP contribution in [0.2, 0.25) is 5.02 Å². The molecule has 2 rings (SSSR count). The van der Waals surface area contributed by atoms with Crippen LogP contribution in [0.4, 0.5) is 10.1 Å². The van der Waals surface area contributed by atoms with Crippen molar-refractivity contribution in [3.8, 4) is 5.75 Å². The second kappa shape index (κ2) is 5.59. The number of benzene rings is 2. The molecule has 98 valence electrons. The summed E-state index contributed by atoms with van der Waals surface area (Å²) in [5, 5.41) is 12.2. The van der Waals surface area contributed by atoms with Crippen LogP contribution in [-0.2, 0) is 0 Å². The normalized spacial score (nSPS) is 10.3. The van der Waals surface area contributed by atoms with Gasteiger partial charge in [0.05, 0.1) is 16.3 Å². The molecule has 6 heteroatoms. The zero-order valence-electron chi connectivity index (χ0n) is 9.45. The second-order valence-corrected chi connectivity index (χ2v) is 4.95. The lowest BCUT2D eigenvalue weighted by molar-refractivity contribution is 0.102. The Morgan fingerprint density at radius 1 is 1.26 bits per heavy atom. The maximum Gasteiger partial charge on any atom is 0.259 e. The minimum Gasteiger partial charge on any atom is -0.504 e. The standard InChI is InChI=1S/C13H8BrClFNO2/c14-7-3-1-5-9(16)11(7)13(19)17-10-6-2-4-8(15)12(10)18/h1-6,18H,(H,17,19). The van der Waals surface area contributed by atoms with Gasteiger partial charge in [-0.3, -0.25) is 4.79 Å². The first kappa shape index (κ1) is 13.8. The molecule has 19 heavy (non-hydrogen) atoms. The quantitative estimate of drug-likeness (QED) is 0.802. The van der Waals surface area contributed by atoms with Crippen LogP contribution in [0.1, 0.15) is 10.4 Å². The molecule has 2 aromatic rings.